The Kier molecular flexibility index (Phi) is 4.65. The first-order valence-corrected chi connectivity index (χ1v) is 8.67. The maximum Gasteiger partial charge on any atom is 0.304 e. The SMILES string of the molecule is O=C(O)CC1CCCCN1C1CCc2cc(Br)ccc2C1. The first-order valence-electron chi connectivity index (χ1n) is 7.88. The number of carbonyl (C=O) groups is 1. The fourth-order valence-electron chi connectivity index (χ4n) is 3.91. The van der Waals surface area contributed by atoms with Crippen LogP contribution in [0.4, 0.5) is 0 Å². The average molecular weight is 352 g/mol. The Labute approximate surface area is 134 Å². The average Bonchev–Trinajstić information content (AvgIpc) is 2.47. The van der Waals surface area contributed by atoms with Crippen LogP contribution in [0.15, 0.2) is 22.7 Å². The third-order valence-corrected chi connectivity index (χ3v) is 5.42. The van der Waals surface area contributed by atoms with Crippen LogP contribution in [-0.2, 0) is 17.6 Å². The normalized spacial score (nSPS) is 26.3. The van der Waals surface area contributed by atoms with Crippen LogP contribution in [0.1, 0.15) is 43.2 Å². The number of hydrogen-bond donors (Lipinski definition) is 1. The summed E-state index contributed by atoms with van der Waals surface area (Å²) in [6, 6.07) is 7.33. The molecular formula is C17H22BrNO2. The van der Waals surface area contributed by atoms with Crippen LogP contribution in [0.3, 0.4) is 0 Å². The number of benzene rings is 1. The molecule has 1 fully saturated rings. The lowest BCUT2D eigenvalue weighted by Gasteiger charge is -2.42. The Hall–Kier alpha value is -0.870. The summed E-state index contributed by atoms with van der Waals surface area (Å²) in [6.07, 6.45) is 7.04. The molecule has 2 atom stereocenters. The summed E-state index contributed by atoms with van der Waals surface area (Å²) in [7, 11) is 0. The topological polar surface area (TPSA) is 40.5 Å². The highest BCUT2D eigenvalue weighted by molar-refractivity contribution is 9.10. The molecule has 21 heavy (non-hydrogen) atoms. The summed E-state index contributed by atoms with van der Waals surface area (Å²) in [5, 5.41) is 9.14. The van der Waals surface area contributed by atoms with Crippen molar-refractivity contribution in [1.29, 1.82) is 0 Å². The summed E-state index contributed by atoms with van der Waals surface area (Å²) < 4.78 is 1.15. The number of carboxylic acid groups (broad SMARTS) is 1. The van der Waals surface area contributed by atoms with Gasteiger partial charge < -0.3 is 5.11 Å². The molecule has 1 saturated heterocycles. The maximum absolute atomic E-state index is 11.1. The Morgan fingerprint density at radius 3 is 2.95 bits per heavy atom. The molecular weight excluding hydrogens is 330 g/mol. The van der Waals surface area contributed by atoms with Crippen molar-refractivity contribution in [2.75, 3.05) is 6.54 Å². The van der Waals surface area contributed by atoms with Crippen LogP contribution >= 0.6 is 15.9 Å². The van der Waals surface area contributed by atoms with Crippen molar-refractivity contribution in [3.8, 4) is 0 Å². The fraction of sp³-hybridized carbons (Fsp3) is 0.588. The lowest BCUT2D eigenvalue weighted by atomic mass is 9.85. The minimum Gasteiger partial charge on any atom is -0.481 e. The highest BCUT2D eigenvalue weighted by atomic mass is 79.9. The van der Waals surface area contributed by atoms with Gasteiger partial charge in [0.2, 0.25) is 0 Å². The number of hydrogen-bond acceptors (Lipinski definition) is 2. The highest BCUT2D eigenvalue weighted by Crippen LogP contribution is 2.31. The molecule has 3 nitrogen and oxygen atoms in total. The standard InChI is InChI=1S/C17H22BrNO2/c18-14-6-4-13-10-16(7-5-12(13)9-14)19-8-2-1-3-15(19)11-17(20)21/h4,6,9,15-16H,1-3,5,7-8,10-11H2,(H,20,21). The summed E-state index contributed by atoms with van der Waals surface area (Å²) in [4.78, 5) is 13.6. The third kappa shape index (κ3) is 3.49. The van der Waals surface area contributed by atoms with E-state index in [4.69, 9.17) is 5.11 Å². The summed E-state index contributed by atoms with van der Waals surface area (Å²) in [5.41, 5.74) is 2.89. The van der Waals surface area contributed by atoms with Gasteiger partial charge >= 0.3 is 5.97 Å². The van der Waals surface area contributed by atoms with Gasteiger partial charge in [0.1, 0.15) is 0 Å². The number of aliphatic carboxylic acids is 1. The van der Waals surface area contributed by atoms with E-state index in [0.29, 0.717) is 12.5 Å². The second kappa shape index (κ2) is 6.49. The van der Waals surface area contributed by atoms with E-state index in [1.54, 1.807) is 0 Å². The van der Waals surface area contributed by atoms with E-state index in [-0.39, 0.29) is 6.04 Å². The molecule has 2 unspecified atom stereocenters. The summed E-state index contributed by atoms with van der Waals surface area (Å²) >= 11 is 3.54. The van der Waals surface area contributed by atoms with Gasteiger partial charge in [0.05, 0.1) is 6.42 Å². The highest BCUT2D eigenvalue weighted by Gasteiger charge is 2.32. The summed E-state index contributed by atoms with van der Waals surface area (Å²) in [5.74, 6) is -0.660. The maximum atomic E-state index is 11.1. The molecule has 1 aromatic carbocycles. The van der Waals surface area contributed by atoms with Crippen LogP contribution in [0, 0.1) is 0 Å². The van der Waals surface area contributed by atoms with Gasteiger partial charge in [-0.05, 0) is 61.9 Å². The Bertz CT molecular complexity index is 532. The number of fused-ring (bicyclic) bond motifs is 1. The second-order valence-corrected chi connectivity index (χ2v) is 7.21. The predicted molar refractivity (Wildman–Crippen MR) is 86.6 cm³/mol. The van der Waals surface area contributed by atoms with Crippen molar-refractivity contribution in [2.45, 2.75) is 57.0 Å². The van der Waals surface area contributed by atoms with Gasteiger partial charge in [-0.2, -0.15) is 0 Å². The molecule has 0 bridgehead atoms. The van der Waals surface area contributed by atoms with Crippen LogP contribution in [0.5, 0.6) is 0 Å². The number of nitrogens with zero attached hydrogens (tertiary/aromatic N) is 1. The minimum atomic E-state index is -0.660. The van der Waals surface area contributed by atoms with Gasteiger partial charge in [0.25, 0.3) is 0 Å². The largest absolute Gasteiger partial charge is 0.481 e. The molecule has 1 heterocycles. The predicted octanol–water partition coefficient (Wildman–Crippen LogP) is 3.64. The van der Waals surface area contributed by atoms with Crippen LogP contribution in [0.2, 0.25) is 0 Å². The van der Waals surface area contributed by atoms with Crippen LogP contribution in [-0.4, -0.2) is 34.6 Å². The number of likely N-dealkylation sites (tertiary alicyclic amines) is 1. The minimum absolute atomic E-state index is 0.234. The molecule has 0 spiro atoms. The number of halogens is 1. The van der Waals surface area contributed by atoms with Gasteiger partial charge in [-0.15, -0.1) is 0 Å². The van der Waals surface area contributed by atoms with Crippen molar-refractivity contribution >= 4 is 21.9 Å². The molecule has 0 aromatic heterocycles. The molecule has 1 aromatic rings. The van der Waals surface area contributed by atoms with Crippen molar-refractivity contribution in [2.24, 2.45) is 0 Å². The van der Waals surface area contributed by atoms with E-state index in [1.165, 1.54) is 24.0 Å². The molecule has 114 valence electrons. The molecule has 0 amide bonds. The van der Waals surface area contributed by atoms with Crippen molar-refractivity contribution in [1.82, 2.24) is 4.90 Å². The molecule has 0 saturated carbocycles. The van der Waals surface area contributed by atoms with E-state index in [0.717, 1.165) is 36.7 Å². The molecule has 2 aliphatic rings. The summed E-state index contributed by atoms with van der Waals surface area (Å²) in [6.45, 7) is 1.06. The van der Waals surface area contributed by atoms with Gasteiger partial charge in [-0.3, -0.25) is 9.69 Å². The van der Waals surface area contributed by atoms with Gasteiger partial charge in [-0.1, -0.05) is 28.4 Å². The number of piperidine rings is 1. The van der Waals surface area contributed by atoms with E-state index < -0.39 is 5.97 Å². The van der Waals surface area contributed by atoms with E-state index in [9.17, 15) is 4.79 Å². The third-order valence-electron chi connectivity index (χ3n) is 4.92. The Morgan fingerprint density at radius 2 is 2.14 bits per heavy atom. The van der Waals surface area contributed by atoms with Gasteiger partial charge in [-0.25, -0.2) is 0 Å². The van der Waals surface area contributed by atoms with Crippen molar-refractivity contribution in [3.05, 3.63) is 33.8 Å². The van der Waals surface area contributed by atoms with E-state index in [1.807, 2.05) is 0 Å². The Morgan fingerprint density at radius 1 is 1.29 bits per heavy atom. The first-order chi connectivity index (χ1) is 10.1. The quantitative estimate of drug-likeness (QED) is 0.903. The molecule has 1 aliphatic carbocycles. The fourth-order valence-corrected chi connectivity index (χ4v) is 4.32. The molecule has 1 aliphatic heterocycles. The smallest absolute Gasteiger partial charge is 0.304 e. The van der Waals surface area contributed by atoms with Gasteiger partial charge in [0.15, 0.2) is 0 Å². The molecule has 4 heteroatoms. The van der Waals surface area contributed by atoms with Gasteiger partial charge in [0, 0.05) is 16.6 Å². The Balaban J connectivity index is 1.74. The van der Waals surface area contributed by atoms with E-state index >= 15 is 0 Å². The number of carboxylic acids is 1. The number of aryl methyl sites for hydroxylation is 1. The van der Waals surface area contributed by atoms with Crippen LogP contribution in [0.25, 0.3) is 0 Å². The van der Waals surface area contributed by atoms with E-state index in [2.05, 4.69) is 39.0 Å². The first kappa shape index (κ1) is 15.0. The van der Waals surface area contributed by atoms with Crippen LogP contribution < -0.4 is 0 Å². The second-order valence-electron chi connectivity index (χ2n) is 6.29. The molecule has 1 N–H and O–H groups in total. The number of rotatable bonds is 3. The molecule has 3 rings (SSSR count). The zero-order valence-corrected chi connectivity index (χ0v) is 13.8. The molecule has 0 radical (unpaired) electrons. The zero-order valence-electron chi connectivity index (χ0n) is 12.2. The monoisotopic (exact) mass is 351 g/mol. The zero-order chi connectivity index (χ0) is 14.8. The lowest BCUT2D eigenvalue weighted by molar-refractivity contribution is -0.139. The van der Waals surface area contributed by atoms with Crippen molar-refractivity contribution in [3.63, 3.8) is 0 Å². The lowest BCUT2D eigenvalue weighted by Crippen LogP contribution is -2.49. The van der Waals surface area contributed by atoms with Crippen molar-refractivity contribution < 1.29 is 9.90 Å².